The Labute approximate surface area is 260 Å². The van der Waals surface area contributed by atoms with E-state index < -0.39 is 0 Å². The van der Waals surface area contributed by atoms with Gasteiger partial charge in [-0.3, -0.25) is 0 Å². The molecule has 0 radical (unpaired) electrons. The van der Waals surface area contributed by atoms with E-state index in [1.807, 2.05) is 18.2 Å². The van der Waals surface area contributed by atoms with Gasteiger partial charge in [0.1, 0.15) is 0 Å². The average Bonchev–Trinajstić information content (AvgIpc) is 3.06. The summed E-state index contributed by atoms with van der Waals surface area (Å²) >= 11 is 0. The van der Waals surface area contributed by atoms with Gasteiger partial charge in [-0.15, -0.1) is 0 Å². The monoisotopic (exact) mass is 564 g/mol. The van der Waals surface area contributed by atoms with Crippen molar-refractivity contribution in [1.82, 2.24) is 0 Å². The first-order valence-electron chi connectivity index (χ1n) is 16.4. The Balaban J connectivity index is 1.14. The van der Waals surface area contributed by atoms with E-state index in [2.05, 4.69) is 121 Å². The van der Waals surface area contributed by atoms with Gasteiger partial charge in [-0.1, -0.05) is 115 Å². The molecular weight excluding hydrogens is 528 g/mol. The van der Waals surface area contributed by atoms with Crippen LogP contribution in [-0.2, 0) is 5.41 Å². The summed E-state index contributed by atoms with van der Waals surface area (Å²) < 4.78 is 0. The molecule has 0 unspecified atom stereocenters. The zero-order chi connectivity index (χ0) is 29.1. The van der Waals surface area contributed by atoms with Crippen LogP contribution in [0.5, 0.6) is 0 Å². The quantitative estimate of drug-likeness (QED) is 0.148. The third-order valence-corrected chi connectivity index (χ3v) is 11.1. The van der Waals surface area contributed by atoms with Crippen molar-refractivity contribution in [1.29, 1.82) is 0 Å². The Bertz CT molecular complexity index is 1970. The summed E-state index contributed by atoms with van der Waals surface area (Å²) in [6, 6.07) is 46.8. The van der Waals surface area contributed by atoms with Gasteiger partial charge in [-0.25, -0.2) is 0 Å². The lowest BCUT2D eigenvalue weighted by Crippen LogP contribution is -2.48. The van der Waals surface area contributed by atoms with Crippen LogP contribution in [0.4, 0.5) is 0 Å². The maximum absolute atomic E-state index is 3.34. The molecule has 0 spiro atoms. The van der Waals surface area contributed by atoms with Crippen LogP contribution in [0, 0.1) is 29.6 Å². The first-order valence-corrected chi connectivity index (χ1v) is 16.4. The fraction of sp³-hybridized carbons (Fsp3) is 0.227. The summed E-state index contributed by atoms with van der Waals surface area (Å²) in [5.41, 5.74) is 9.29. The van der Waals surface area contributed by atoms with Gasteiger partial charge in [-0.2, -0.15) is 0 Å². The van der Waals surface area contributed by atoms with Crippen LogP contribution < -0.4 is 0 Å². The summed E-state index contributed by atoms with van der Waals surface area (Å²) in [5.74, 6) is 9.53. The molecule has 44 heavy (non-hydrogen) atoms. The van der Waals surface area contributed by atoms with Crippen molar-refractivity contribution >= 4 is 21.5 Å². The number of rotatable bonds is 3. The lowest BCUT2D eigenvalue weighted by Gasteiger charge is -2.57. The minimum atomic E-state index is 0.429. The highest BCUT2D eigenvalue weighted by molar-refractivity contribution is 6.21. The standard InChI is InChI=1S/C44H36/c1-2-8-30(9-3-1)14-15-31-16-18-35(19-17-31)42-38-10-4-6-12-40(38)43(41-13-7-5-11-39(41)42)36-20-22-37(23-21-36)44-27-32-24-33(28-44)26-34(25-32)29-44/h1-13,16-23,32-34H,24-29H2. The smallest absolute Gasteiger partial charge is 0.0249 e. The molecule has 6 aromatic rings. The molecule has 0 aliphatic heterocycles. The minimum absolute atomic E-state index is 0.429. The molecule has 6 aromatic carbocycles. The van der Waals surface area contributed by atoms with Crippen LogP contribution in [0.15, 0.2) is 127 Å². The van der Waals surface area contributed by atoms with Crippen LogP contribution in [0.3, 0.4) is 0 Å². The van der Waals surface area contributed by atoms with Gasteiger partial charge < -0.3 is 0 Å². The van der Waals surface area contributed by atoms with Crippen LogP contribution in [0.1, 0.15) is 55.2 Å². The van der Waals surface area contributed by atoms with Crippen LogP contribution in [0.25, 0.3) is 43.8 Å². The predicted octanol–water partition coefficient (Wildman–Crippen LogP) is 11.2. The predicted molar refractivity (Wildman–Crippen MR) is 185 cm³/mol. The first-order chi connectivity index (χ1) is 21.7. The molecule has 0 N–H and O–H groups in total. The Hall–Kier alpha value is -4.60. The van der Waals surface area contributed by atoms with E-state index >= 15 is 0 Å². The van der Waals surface area contributed by atoms with E-state index in [0.717, 1.165) is 28.9 Å². The molecule has 212 valence electrons. The highest BCUT2D eigenvalue weighted by atomic mass is 14.6. The second-order valence-corrected chi connectivity index (χ2v) is 13.8. The Kier molecular flexibility index (Phi) is 6.02. The third-order valence-electron chi connectivity index (χ3n) is 11.1. The van der Waals surface area contributed by atoms with Crippen molar-refractivity contribution in [3.63, 3.8) is 0 Å². The molecule has 4 fully saturated rings. The van der Waals surface area contributed by atoms with Crippen LogP contribution in [-0.4, -0.2) is 0 Å². The topological polar surface area (TPSA) is 0 Å². The zero-order valence-electron chi connectivity index (χ0n) is 25.1. The number of fused-ring (bicyclic) bond motifs is 2. The lowest BCUT2D eigenvalue weighted by atomic mass is 9.48. The van der Waals surface area contributed by atoms with Gasteiger partial charge >= 0.3 is 0 Å². The molecule has 4 aliphatic carbocycles. The largest absolute Gasteiger partial charge is 0.0622 e. The van der Waals surface area contributed by atoms with E-state index in [1.165, 1.54) is 82.3 Å². The van der Waals surface area contributed by atoms with E-state index in [1.54, 1.807) is 5.56 Å². The van der Waals surface area contributed by atoms with Gasteiger partial charge in [0.2, 0.25) is 0 Å². The second-order valence-electron chi connectivity index (χ2n) is 13.8. The Morgan fingerprint density at radius 1 is 0.409 bits per heavy atom. The molecule has 4 aliphatic rings. The summed E-state index contributed by atoms with van der Waals surface area (Å²) in [4.78, 5) is 0. The summed E-state index contributed by atoms with van der Waals surface area (Å²) in [7, 11) is 0. The van der Waals surface area contributed by atoms with Crippen LogP contribution >= 0.6 is 0 Å². The second kappa shape index (κ2) is 10.2. The highest BCUT2D eigenvalue weighted by Crippen LogP contribution is 2.60. The molecule has 0 atom stereocenters. The van der Waals surface area contributed by atoms with E-state index in [0.29, 0.717) is 5.41 Å². The van der Waals surface area contributed by atoms with E-state index in [-0.39, 0.29) is 0 Å². The Morgan fingerprint density at radius 2 is 0.795 bits per heavy atom. The fourth-order valence-electron chi connectivity index (χ4n) is 9.59. The SMILES string of the molecule is C(#Cc1ccc(-c2c3ccccc3c(-c3ccc(C45CC6CC(CC(C6)C4)C5)cc3)c3ccccc23)cc1)c1ccccc1. The molecule has 0 heteroatoms. The highest BCUT2D eigenvalue weighted by Gasteiger charge is 2.51. The van der Waals surface area contributed by atoms with Crippen molar-refractivity contribution in [2.75, 3.05) is 0 Å². The molecule has 0 saturated heterocycles. The molecule has 0 aromatic heterocycles. The number of hydrogen-bond donors (Lipinski definition) is 0. The van der Waals surface area contributed by atoms with Gasteiger partial charge in [0.15, 0.2) is 0 Å². The zero-order valence-corrected chi connectivity index (χ0v) is 25.1. The van der Waals surface area contributed by atoms with Crippen LogP contribution in [0.2, 0.25) is 0 Å². The molecule has 0 nitrogen and oxygen atoms in total. The number of benzene rings is 6. The first kappa shape index (κ1) is 25.9. The van der Waals surface area contributed by atoms with Crippen molar-refractivity contribution < 1.29 is 0 Å². The molecule has 4 saturated carbocycles. The van der Waals surface area contributed by atoms with E-state index in [4.69, 9.17) is 0 Å². The maximum atomic E-state index is 3.34. The minimum Gasteiger partial charge on any atom is -0.0622 e. The lowest BCUT2D eigenvalue weighted by molar-refractivity contribution is -0.00518. The van der Waals surface area contributed by atoms with Gasteiger partial charge in [0.25, 0.3) is 0 Å². The fourth-order valence-corrected chi connectivity index (χ4v) is 9.59. The molecule has 0 heterocycles. The van der Waals surface area contributed by atoms with Crippen molar-refractivity contribution in [3.05, 3.63) is 144 Å². The summed E-state index contributed by atoms with van der Waals surface area (Å²) in [6.07, 6.45) is 8.71. The molecular formula is C44H36. The molecule has 0 amide bonds. The Morgan fingerprint density at radius 3 is 1.25 bits per heavy atom. The molecule has 10 rings (SSSR count). The van der Waals surface area contributed by atoms with E-state index in [9.17, 15) is 0 Å². The van der Waals surface area contributed by atoms with Crippen molar-refractivity contribution in [2.24, 2.45) is 17.8 Å². The number of hydrogen-bond acceptors (Lipinski definition) is 0. The van der Waals surface area contributed by atoms with Crippen molar-refractivity contribution in [3.8, 4) is 34.1 Å². The normalized spacial score (nSPS) is 23.5. The maximum Gasteiger partial charge on any atom is 0.0249 e. The summed E-state index contributed by atoms with van der Waals surface area (Å²) in [6.45, 7) is 0. The average molecular weight is 565 g/mol. The third kappa shape index (κ3) is 4.30. The van der Waals surface area contributed by atoms with Gasteiger partial charge in [-0.05, 0) is 135 Å². The van der Waals surface area contributed by atoms with Gasteiger partial charge in [0, 0.05) is 11.1 Å². The van der Waals surface area contributed by atoms with Crippen molar-refractivity contribution in [2.45, 2.75) is 43.9 Å². The molecule has 4 bridgehead atoms. The summed E-state index contributed by atoms with van der Waals surface area (Å²) in [5, 5.41) is 5.23. The van der Waals surface area contributed by atoms with Gasteiger partial charge in [0.05, 0.1) is 0 Å².